The zero-order valence-electron chi connectivity index (χ0n) is 13.1. The summed E-state index contributed by atoms with van der Waals surface area (Å²) in [5.41, 5.74) is 3.88. The number of nitrogens with zero attached hydrogens (tertiary/aromatic N) is 2. The highest BCUT2D eigenvalue weighted by Crippen LogP contribution is 2.18. The minimum absolute atomic E-state index is 0.574. The van der Waals surface area contributed by atoms with Crippen LogP contribution in [-0.2, 0) is 26.3 Å². The first-order chi connectivity index (χ1) is 10.1. The Labute approximate surface area is 135 Å². The van der Waals surface area contributed by atoms with Gasteiger partial charge in [0.25, 0.3) is 0 Å². The Morgan fingerprint density at radius 2 is 2.10 bits per heavy atom. The molecule has 4 heteroatoms. The molecule has 1 heterocycles. The predicted octanol–water partition coefficient (Wildman–Crippen LogP) is 3.37. The number of nitrogens with one attached hydrogen (secondary N) is 1. The normalized spacial score (nSPS) is 12.6. The molecule has 0 saturated heterocycles. The molecule has 3 nitrogen and oxygen atoms in total. The van der Waals surface area contributed by atoms with Gasteiger partial charge in [-0.25, -0.2) is 0 Å². The molecule has 114 valence electrons. The Bertz CT molecular complexity index is 577. The van der Waals surface area contributed by atoms with E-state index in [4.69, 9.17) is 0 Å². The minimum Gasteiger partial charge on any atom is -0.319 e. The summed E-state index contributed by atoms with van der Waals surface area (Å²) in [4.78, 5) is 0. The van der Waals surface area contributed by atoms with Crippen molar-refractivity contribution in [2.24, 2.45) is 13.0 Å². The fourth-order valence-corrected chi connectivity index (χ4v) is 3.18. The Morgan fingerprint density at radius 3 is 2.71 bits per heavy atom. The molecule has 1 atom stereocenters. The SMILES string of the molecule is CCc1cc(CC(CNC)Cc2cccc(Br)c2)n(C)n1. The number of aromatic nitrogens is 2. The Balaban J connectivity index is 2.09. The molecule has 1 aromatic heterocycles. The number of benzene rings is 1. The summed E-state index contributed by atoms with van der Waals surface area (Å²) in [6.45, 7) is 3.16. The van der Waals surface area contributed by atoms with Crippen molar-refractivity contribution in [1.82, 2.24) is 15.1 Å². The maximum absolute atomic E-state index is 4.55. The number of rotatable bonds is 7. The molecule has 0 fully saturated rings. The van der Waals surface area contributed by atoms with Crippen LogP contribution in [0.5, 0.6) is 0 Å². The molecule has 0 amide bonds. The zero-order chi connectivity index (χ0) is 15.2. The Hall–Kier alpha value is -1.13. The molecular weight excluding hydrogens is 326 g/mol. The van der Waals surface area contributed by atoms with Gasteiger partial charge in [-0.3, -0.25) is 4.68 Å². The molecule has 0 aliphatic rings. The number of aryl methyl sites for hydroxylation is 2. The van der Waals surface area contributed by atoms with Crippen LogP contribution in [0.4, 0.5) is 0 Å². The van der Waals surface area contributed by atoms with E-state index in [9.17, 15) is 0 Å². The first-order valence-electron chi connectivity index (χ1n) is 7.53. The summed E-state index contributed by atoms with van der Waals surface area (Å²) in [6.07, 6.45) is 3.12. The molecule has 0 bridgehead atoms. The standard InChI is InChI=1S/C17H24BrN3/c1-4-16-11-17(21(3)20-16)10-14(12-19-2)8-13-6-5-7-15(18)9-13/h5-7,9,11,14,19H,4,8,10,12H2,1-3H3. The van der Waals surface area contributed by atoms with Gasteiger partial charge in [-0.05, 0) is 62.5 Å². The highest BCUT2D eigenvalue weighted by Gasteiger charge is 2.13. The highest BCUT2D eigenvalue weighted by molar-refractivity contribution is 9.10. The largest absolute Gasteiger partial charge is 0.319 e. The van der Waals surface area contributed by atoms with Crippen molar-refractivity contribution < 1.29 is 0 Å². The second kappa shape index (κ2) is 7.76. The second-order valence-corrected chi connectivity index (χ2v) is 6.48. The van der Waals surface area contributed by atoms with Gasteiger partial charge < -0.3 is 5.32 Å². The molecule has 1 unspecified atom stereocenters. The van der Waals surface area contributed by atoms with E-state index in [0.29, 0.717) is 5.92 Å². The van der Waals surface area contributed by atoms with Crippen LogP contribution in [-0.4, -0.2) is 23.4 Å². The first kappa shape index (κ1) is 16.2. The maximum atomic E-state index is 4.55. The van der Waals surface area contributed by atoms with Gasteiger partial charge in [0.05, 0.1) is 5.69 Å². The maximum Gasteiger partial charge on any atom is 0.0624 e. The van der Waals surface area contributed by atoms with Crippen LogP contribution in [0.3, 0.4) is 0 Å². The molecule has 2 rings (SSSR count). The summed E-state index contributed by atoms with van der Waals surface area (Å²) < 4.78 is 3.18. The van der Waals surface area contributed by atoms with Crippen molar-refractivity contribution in [2.45, 2.75) is 26.2 Å². The van der Waals surface area contributed by atoms with Crippen molar-refractivity contribution in [3.63, 3.8) is 0 Å². The average molecular weight is 350 g/mol. The molecule has 21 heavy (non-hydrogen) atoms. The second-order valence-electron chi connectivity index (χ2n) is 5.57. The first-order valence-corrected chi connectivity index (χ1v) is 8.32. The summed E-state index contributed by atoms with van der Waals surface area (Å²) in [6, 6.07) is 10.8. The molecular formula is C17H24BrN3. The lowest BCUT2D eigenvalue weighted by Gasteiger charge is -2.17. The van der Waals surface area contributed by atoms with Crippen molar-refractivity contribution >= 4 is 15.9 Å². The molecule has 0 aliphatic heterocycles. The average Bonchev–Trinajstić information content (AvgIpc) is 2.80. The van der Waals surface area contributed by atoms with Gasteiger partial charge in [-0.1, -0.05) is 35.0 Å². The van der Waals surface area contributed by atoms with Crippen LogP contribution in [0.25, 0.3) is 0 Å². The Kier molecular flexibility index (Phi) is 6.00. The third kappa shape index (κ3) is 4.68. The Morgan fingerprint density at radius 1 is 1.29 bits per heavy atom. The fraction of sp³-hybridized carbons (Fsp3) is 0.471. The molecule has 1 N–H and O–H groups in total. The highest BCUT2D eigenvalue weighted by atomic mass is 79.9. The quantitative estimate of drug-likeness (QED) is 0.830. The lowest BCUT2D eigenvalue weighted by atomic mass is 9.94. The summed E-state index contributed by atoms with van der Waals surface area (Å²) in [5.74, 6) is 0.574. The van der Waals surface area contributed by atoms with Crippen LogP contribution in [0.1, 0.15) is 23.9 Å². The van der Waals surface area contributed by atoms with Crippen molar-refractivity contribution in [1.29, 1.82) is 0 Å². The monoisotopic (exact) mass is 349 g/mol. The molecule has 0 saturated carbocycles. The van der Waals surface area contributed by atoms with Crippen molar-refractivity contribution in [3.8, 4) is 0 Å². The van der Waals surface area contributed by atoms with Gasteiger partial charge in [0.2, 0.25) is 0 Å². The van der Waals surface area contributed by atoms with Gasteiger partial charge >= 0.3 is 0 Å². The van der Waals surface area contributed by atoms with Gasteiger partial charge in [0.15, 0.2) is 0 Å². The van der Waals surface area contributed by atoms with E-state index in [1.165, 1.54) is 17.0 Å². The molecule has 0 spiro atoms. The number of hydrogen-bond acceptors (Lipinski definition) is 2. The van der Waals surface area contributed by atoms with Crippen molar-refractivity contribution in [2.75, 3.05) is 13.6 Å². The van der Waals surface area contributed by atoms with E-state index in [-0.39, 0.29) is 0 Å². The van der Waals surface area contributed by atoms with E-state index in [1.54, 1.807) is 0 Å². The van der Waals surface area contributed by atoms with Gasteiger partial charge in [-0.2, -0.15) is 5.10 Å². The van der Waals surface area contributed by atoms with E-state index >= 15 is 0 Å². The third-order valence-electron chi connectivity index (χ3n) is 3.79. The summed E-state index contributed by atoms with van der Waals surface area (Å²) in [5, 5.41) is 7.87. The molecule has 2 aromatic rings. The molecule has 0 aliphatic carbocycles. The van der Waals surface area contributed by atoms with Crippen LogP contribution < -0.4 is 5.32 Å². The van der Waals surface area contributed by atoms with Crippen LogP contribution in [0.15, 0.2) is 34.8 Å². The van der Waals surface area contributed by atoms with E-state index in [1.807, 2.05) is 18.8 Å². The lowest BCUT2D eigenvalue weighted by molar-refractivity contribution is 0.477. The van der Waals surface area contributed by atoms with E-state index in [2.05, 4.69) is 63.6 Å². The number of halogens is 1. The fourth-order valence-electron chi connectivity index (χ4n) is 2.73. The predicted molar refractivity (Wildman–Crippen MR) is 91.6 cm³/mol. The van der Waals surface area contributed by atoms with Crippen LogP contribution in [0.2, 0.25) is 0 Å². The topological polar surface area (TPSA) is 29.9 Å². The van der Waals surface area contributed by atoms with Gasteiger partial charge in [0, 0.05) is 17.2 Å². The van der Waals surface area contributed by atoms with Crippen LogP contribution in [0, 0.1) is 5.92 Å². The zero-order valence-corrected chi connectivity index (χ0v) is 14.7. The smallest absolute Gasteiger partial charge is 0.0624 e. The van der Waals surface area contributed by atoms with Crippen LogP contribution >= 0.6 is 15.9 Å². The third-order valence-corrected chi connectivity index (χ3v) is 4.29. The lowest BCUT2D eigenvalue weighted by Crippen LogP contribution is -2.23. The molecule has 0 radical (unpaired) electrons. The van der Waals surface area contributed by atoms with Gasteiger partial charge in [-0.15, -0.1) is 0 Å². The number of hydrogen-bond donors (Lipinski definition) is 1. The van der Waals surface area contributed by atoms with Gasteiger partial charge in [0.1, 0.15) is 0 Å². The van der Waals surface area contributed by atoms with E-state index in [0.717, 1.165) is 30.3 Å². The van der Waals surface area contributed by atoms with Crippen molar-refractivity contribution in [3.05, 3.63) is 51.8 Å². The minimum atomic E-state index is 0.574. The molecule has 1 aromatic carbocycles. The van der Waals surface area contributed by atoms with E-state index < -0.39 is 0 Å². The summed E-state index contributed by atoms with van der Waals surface area (Å²) in [7, 11) is 4.07. The summed E-state index contributed by atoms with van der Waals surface area (Å²) >= 11 is 3.55.